The van der Waals surface area contributed by atoms with E-state index in [9.17, 15) is 0 Å². The molecule has 0 radical (unpaired) electrons. The molecule has 1 fully saturated rings. The van der Waals surface area contributed by atoms with Gasteiger partial charge in [-0.05, 0) is 52.1 Å². The lowest BCUT2D eigenvalue weighted by atomic mass is 9.95. The van der Waals surface area contributed by atoms with Gasteiger partial charge in [-0.15, -0.1) is 0 Å². The van der Waals surface area contributed by atoms with E-state index in [-0.39, 0.29) is 0 Å². The van der Waals surface area contributed by atoms with Crippen LogP contribution >= 0.6 is 11.8 Å². The van der Waals surface area contributed by atoms with Crippen molar-refractivity contribution in [3.8, 4) is 0 Å². The molecule has 0 aromatic carbocycles. The second-order valence-electron chi connectivity index (χ2n) is 5.64. The third-order valence-electron chi connectivity index (χ3n) is 4.18. The first-order chi connectivity index (χ1) is 8.77. The molecular weight excluding hydrogens is 240 g/mol. The van der Waals surface area contributed by atoms with Gasteiger partial charge in [0.1, 0.15) is 0 Å². The van der Waals surface area contributed by atoms with Gasteiger partial charge >= 0.3 is 0 Å². The largest absolute Gasteiger partial charge is 0.314 e. The highest BCUT2D eigenvalue weighted by atomic mass is 32.2. The number of nitrogens with zero attached hydrogens (tertiary/aromatic N) is 1. The second kappa shape index (κ2) is 10.1. The molecule has 1 aliphatic carbocycles. The Bertz CT molecular complexity index is 193. The molecule has 0 aliphatic heterocycles. The van der Waals surface area contributed by atoms with Crippen molar-refractivity contribution >= 4 is 11.8 Å². The van der Waals surface area contributed by atoms with Crippen LogP contribution in [0.5, 0.6) is 0 Å². The molecule has 0 aromatic heterocycles. The third kappa shape index (κ3) is 6.44. The maximum Gasteiger partial charge on any atom is 0.0180 e. The van der Waals surface area contributed by atoms with Crippen LogP contribution < -0.4 is 5.32 Å². The summed E-state index contributed by atoms with van der Waals surface area (Å²) in [6.07, 6.45) is 11.9. The van der Waals surface area contributed by atoms with E-state index in [1.54, 1.807) is 0 Å². The maximum atomic E-state index is 3.73. The first-order valence-corrected chi connectivity index (χ1v) is 9.09. The van der Waals surface area contributed by atoms with Gasteiger partial charge in [0.25, 0.3) is 0 Å². The van der Waals surface area contributed by atoms with Crippen LogP contribution in [0.1, 0.15) is 51.9 Å². The fourth-order valence-electron chi connectivity index (χ4n) is 2.87. The Morgan fingerprint density at radius 1 is 1.28 bits per heavy atom. The van der Waals surface area contributed by atoms with Crippen LogP contribution in [0.25, 0.3) is 0 Å². The zero-order valence-electron chi connectivity index (χ0n) is 12.6. The van der Waals surface area contributed by atoms with E-state index in [2.05, 4.69) is 30.4 Å². The lowest BCUT2D eigenvalue weighted by Gasteiger charge is -2.27. The minimum Gasteiger partial charge on any atom is -0.314 e. The Kier molecular flexibility index (Phi) is 9.16. The zero-order chi connectivity index (χ0) is 13.2. The summed E-state index contributed by atoms with van der Waals surface area (Å²) in [4.78, 5) is 2.54. The van der Waals surface area contributed by atoms with E-state index in [0.29, 0.717) is 0 Å². The highest BCUT2D eigenvalue weighted by molar-refractivity contribution is 7.98. The van der Waals surface area contributed by atoms with E-state index >= 15 is 0 Å². The van der Waals surface area contributed by atoms with Crippen molar-refractivity contribution in [2.45, 2.75) is 64.0 Å². The normalized spacial score (nSPS) is 19.3. The molecule has 1 atom stereocenters. The van der Waals surface area contributed by atoms with Crippen molar-refractivity contribution in [2.24, 2.45) is 0 Å². The lowest BCUT2D eigenvalue weighted by Crippen LogP contribution is -2.37. The monoisotopic (exact) mass is 272 g/mol. The summed E-state index contributed by atoms with van der Waals surface area (Å²) >= 11 is 1.97. The topological polar surface area (TPSA) is 15.3 Å². The fraction of sp³-hybridized carbons (Fsp3) is 1.00. The van der Waals surface area contributed by atoms with Crippen LogP contribution in [0.2, 0.25) is 0 Å². The van der Waals surface area contributed by atoms with E-state index in [4.69, 9.17) is 0 Å². The Morgan fingerprint density at radius 2 is 2.00 bits per heavy atom. The first kappa shape index (κ1) is 16.3. The molecule has 0 aromatic rings. The minimum absolute atomic E-state index is 0.759. The van der Waals surface area contributed by atoms with E-state index < -0.39 is 0 Å². The van der Waals surface area contributed by atoms with Crippen LogP contribution in [-0.2, 0) is 0 Å². The fourth-order valence-corrected chi connectivity index (χ4v) is 3.75. The second-order valence-corrected chi connectivity index (χ2v) is 6.55. The van der Waals surface area contributed by atoms with E-state index in [1.807, 2.05) is 11.8 Å². The molecule has 0 amide bonds. The summed E-state index contributed by atoms with van der Waals surface area (Å²) in [6, 6.07) is 1.58. The highest BCUT2D eigenvalue weighted by Gasteiger charge is 2.13. The average Bonchev–Trinajstić information content (AvgIpc) is 2.42. The van der Waals surface area contributed by atoms with Gasteiger partial charge in [0.15, 0.2) is 0 Å². The molecule has 18 heavy (non-hydrogen) atoms. The molecule has 3 heteroatoms. The van der Waals surface area contributed by atoms with Crippen LogP contribution in [0.15, 0.2) is 0 Å². The Balaban J connectivity index is 2.05. The predicted molar refractivity (Wildman–Crippen MR) is 84.6 cm³/mol. The zero-order valence-corrected chi connectivity index (χ0v) is 13.4. The van der Waals surface area contributed by atoms with Crippen molar-refractivity contribution in [2.75, 3.05) is 32.1 Å². The summed E-state index contributed by atoms with van der Waals surface area (Å²) in [5.41, 5.74) is 0. The average molecular weight is 273 g/mol. The van der Waals surface area contributed by atoms with Crippen molar-refractivity contribution in [1.82, 2.24) is 10.2 Å². The van der Waals surface area contributed by atoms with Gasteiger partial charge in [-0.2, -0.15) is 11.8 Å². The molecule has 1 aliphatic rings. The van der Waals surface area contributed by atoms with Gasteiger partial charge in [-0.25, -0.2) is 0 Å². The Hall–Kier alpha value is 0.270. The van der Waals surface area contributed by atoms with Crippen molar-refractivity contribution in [3.63, 3.8) is 0 Å². The molecule has 1 N–H and O–H groups in total. The molecule has 108 valence electrons. The molecule has 1 unspecified atom stereocenters. The molecule has 0 bridgehead atoms. The van der Waals surface area contributed by atoms with Crippen molar-refractivity contribution in [3.05, 3.63) is 0 Å². The Labute approximate surface area is 118 Å². The highest BCUT2D eigenvalue weighted by Crippen LogP contribution is 2.17. The number of nitrogens with one attached hydrogen (secondary N) is 1. The summed E-state index contributed by atoms with van der Waals surface area (Å²) in [5, 5.41) is 3.73. The van der Waals surface area contributed by atoms with Gasteiger partial charge in [0.2, 0.25) is 0 Å². The van der Waals surface area contributed by atoms with Gasteiger partial charge in [-0.3, -0.25) is 0 Å². The first-order valence-electron chi connectivity index (χ1n) is 7.70. The van der Waals surface area contributed by atoms with Crippen LogP contribution in [0.4, 0.5) is 0 Å². The van der Waals surface area contributed by atoms with E-state index in [0.717, 1.165) is 12.1 Å². The number of hydrogen-bond acceptors (Lipinski definition) is 3. The quantitative estimate of drug-likeness (QED) is 0.648. The predicted octanol–water partition coefficient (Wildman–Crippen LogP) is 3.37. The van der Waals surface area contributed by atoms with Crippen LogP contribution in [0.3, 0.4) is 0 Å². The molecular formula is C15H32N2S. The van der Waals surface area contributed by atoms with Crippen molar-refractivity contribution < 1.29 is 0 Å². The molecule has 0 saturated heterocycles. The number of rotatable bonds is 9. The lowest BCUT2D eigenvalue weighted by molar-refractivity contribution is 0.248. The third-order valence-corrected chi connectivity index (χ3v) is 4.90. The summed E-state index contributed by atoms with van der Waals surface area (Å²) in [6.45, 7) is 4.74. The molecule has 1 saturated carbocycles. The SMILES string of the molecule is CCC(CSC)N(C)CCCNC1CCCCC1. The molecule has 0 spiro atoms. The van der Waals surface area contributed by atoms with Crippen LogP contribution in [0, 0.1) is 0 Å². The standard InChI is InChI=1S/C15H32N2S/c1-4-15(13-18-3)17(2)12-8-11-16-14-9-6-5-7-10-14/h14-16H,4-13H2,1-3H3. The van der Waals surface area contributed by atoms with Crippen LogP contribution in [-0.4, -0.2) is 49.1 Å². The van der Waals surface area contributed by atoms with Gasteiger partial charge in [0, 0.05) is 17.8 Å². The summed E-state index contributed by atoms with van der Waals surface area (Å²) < 4.78 is 0. The molecule has 1 rings (SSSR count). The summed E-state index contributed by atoms with van der Waals surface area (Å²) in [5.74, 6) is 1.27. The smallest absolute Gasteiger partial charge is 0.0180 e. The number of thioether (sulfide) groups is 1. The van der Waals surface area contributed by atoms with Gasteiger partial charge in [0.05, 0.1) is 0 Å². The Morgan fingerprint density at radius 3 is 2.61 bits per heavy atom. The van der Waals surface area contributed by atoms with E-state index in [1.165, 1.54) is 63.8 Å². The maximum absolute atomic E-state index is 3.73. The molecule has 0 heterocycles. The van der Waals surface area contributed by atoms with Gasteiger partial charge < -0.3 is 10.2 Å². The van der Waals surface area contributed by atoms with Gasteiger partial charge in [-0.1, -0.05) is 26.2 Å². The van der Waals surface area contributed by atoms with Crippen molar-refractivity contribution in [1.29, 1.82) is 0 Å². The molecule has 2 nitrogen and oxygen atoms in total. The summed E-state index contributed by atoms with van der Waals surface area (Å²) in [7, 11) is 2.28. The number of hydrogen-bond donors (Lipinski definition) is 1. The minimum atomic E-state index is 0.759.